The minimum atomic E-state index is -0.306. The van der Waals surface area contributed by atoms with Crippen molar-refractivity contribution in [3.05, 3.63) is 69.2 Å². The summed E-state index contributed by atoms with van der Waals surface area (Å²) in [4.78, 5) is 21.1. The van der Waals surface area contributed by atoms with Crippen LogP contribution in [0.2, 0.25) is 0 Å². The van der Waals surface area contributed by atoms with E-state index in [4.69, 9.17) is 4.42 Å². The molecule has 1 aliphatic heterocycles. The average Bonchev–Trinajstić information content (AvgIpc) is 2.95. The van der Waals surface area contributed by atoms with Gasteiger partial charge in [0.2, 0.25) is 0 Å². The fourth-order valence-corrected chi connectivity index (χ4v) is 3.93. The number of aromatic nitrogens is 1. The molecule has 1 fully saturated rings. The predicted octanol–water partition coefficient (Wildman–Crippen LogP) is 3.39. The number of hydrogen-bond donors (Lipinski definition) is 0. The number of fused-ring (bicyclic) bond motifs is 1. The van der Waals surface area contributed by atoms with Crippen LogP contribution in [0.25, 0.3) is 11.0 Å². The number of rotatable bonds is 3. The molecule has 1 aliphatic rings. The van der Waals surface area contributed by atoms with Crippen molar-refractivity contribution in [3.8, 4) is 6.07 Å². The van der Waals surface area contributed by atoms with E-state index < -0.39 is 0 Å². The molecule has 3 aromatic rings. The van der Waals surface area contributed by atoms with E-state index in [0.717, 1.165) is 54.9 Å². The molecule has 0 N–H and O–H groups in total. The van der Waals surface area contributed by atoms with Gasteiger partial charge in [0.05, 0.1) is 5.56 Å². The van der Waals surface area contributed by atoms with Crippen LogP contribution in [0.3, 0.4) is 0 Å². The molecule has 0 spiro atoms. The van der Waals surface area contributed by atoms with Gasteiger partial charge in [0.1, 0.15) is 17.5 Å². The van der Waals surface area contributed by atoms with E-state index in [0.29, 0.717) is 17.7 Å². The Balaban J connectivity index is 1.56. The molecule has 0 atom stereocenters. The van der Waals surface area contributed by atoms with Crippen molar-refractivity contribution in [1.29, 1.82) is 5.26 Å². The lowest BCUT2D eigenvalue weighted by Gasteiger charge is -2.23. The van der Waals surface area contributed by atoms with Crippen LogP contribution in [0.4, 0.5) is 5.82 Å². The second-order valence-corrected chi connectivity index (χ2v) is 7.63. The molecule has 0 unspecified atom stereocenters. The highest BCUT2D eigenvalue weighted by Crippen LogP contribution is 2.24. The van der Waals surface area contributed by atoms with E-state index in [1.54, 1.807) is 18.3 Å². The Labute approximate surface area is 170 Å². The van der Waals surface area contributed by atoms with Crippen molar-refractivity contribution in [3.63, 3.8) is 0 Å². The Kier molecular flexibility index (Phi) is 5.32. The Morgan fingerprint density at radius 3 is 2.79 bits per heavy atom. The van der Waals surface area contributed by atoms with Gasteiger partial charge in [-0.05, 0) is 61.2 Å². The molecule has 0 amide bonds. The summed E-state index contributed by atoms with van der Waals surface area (Å²) >= 11 is 0. The van der Waals surface area contributed by atoms with Crippen LogP contribution in [-0.2, 0) is 6.54 Å². The summed E-state index contributed by atoms with van der Waals surface area (Å²) < 4.78 is 5.43. The van der Waals surface area contributed by atoms with Gasteiger partial charge >= 0.3 is 5.63 Å². The quantitative estimate of drug-likeness (QED) is 0.641. The number of nitriles is 1. The van der Waals surface area contributed by atoms with E-state index in [2.05, 4.69) is 33.8 Å². The second-order valence-electron chi connectivity index (χ2n) is 7.63. The maximum atomic E-state index is 12.1. The fourth-order valence-electron chi connectivity index (χ4n) is 3.93. The van der Waals surface area contributed by atoms with Crippen LogP contribution in [0, 0.1) is 25.2 Å². The average molecular weight is 388 g/mol. The maximum Gasteiger partial charge on any atom is 0.336 e. The molecule has 0 saturated carbocycles. The summed E-state index contributed by atoms with van der Waals surface area (Å²) in [6.45, 7) is 8.23. The first-order valence-electron chi connectivity index (χ1n) is 9.91. The number of hydrogen-bond acceptors (Lipinski definition) is 6. The van der Waals surface area contributed by atoms with Gasteiger partial charge in [0.25, 0.3) is 0 Å². The third-order valence-electron chi connectivity index (χ3n) is 5.63. The third-order valence-corrected chi connectivity index (χ3v) is 5.63. The van der Waals surface area contributed by atoms with E-state index >= 15 is 0 Å². The zero-order chi connectivity index (χ0) is 20.4. The maximum absolute atomic E-state index is 12.1. The zero-order valence-electron chi connectivity index (χ0n) is 16.8. The van der Waals surface area contributed by atoms with Gasteiger partial charge < -0.3 is 9.32 Å². The Morgan fingerprint density at radius 2 is 1.97 bits per heavy atom. The number of aryl methyl sites for hydroxylation is 2. The van der Waals surface area contributed by atoms with Crippen molar-refractivity contribution >= 4 is 16.8 Å². The molecule has 3 heterocycles. The first-order chi connectivity index (χ1) is 14.0. The number of anilines is 1. The first-order valence-corrected chi connectivity index (χ1v) is 9.91. The monoisotopic (exact) mass is 388 g/mol. The van der Waals surface area contributed by atoms with E-state index in [1.165, 1.54) is 5.56 Å². The molecule has 148 valence electrons. The summed E-state index contributed by atoms with van der Waals surface area (Å²) in [6, 6.07) is 11.5. The van der Waals surface area contributed by atoms with E-state index in [-0.39, 0.29) is 5.63 Å². The molecule has 4 rings (SSSR count). The molecule has 0 aliphatic carbocycles. The number of nitrogens with zero attached hydrogens (tertiary/aromatic N) is 4. The normalized spacial score (nSPS) is 15.3. The van der Waals surface area contributed by atoms with Crippen molar-refractivity contribution in [2.45, 2.75) is 26.8 Å². The molecule has 0 radical (unpaired) electrons. The Hall–Kier alpha value is -3.17. The van der Waals surface area contributed by atoms with Crippen LogP contribution >= 0.6 is 0 Å². The zero-order valence-corrected chi connectivity index (χ0v) is 16.8. The van der Waals surface area contributed by atoms with Crippen molar-refractivity contribution in [2.75, 3.05) is 31.1 Å². The van der Waals surface area contributed by atoms with Gasteiger partial charge in [0.15, 0.2) is 0 Å². The van der Waals surface area contributed by atoms with Crippen molar-refractivity contribution in [1.82, 2.24) is 9.88 Å². The summed E-state index contributed by atoms with van der Waals surface area (Å²) in [6.07, 6.45) is 2.71. The van der Waals surface area contributed by atoms with Gasteiger partial charge in [0, 0.05) is 50.4 Å². The highest BCUT2D eigenvalue weighted by atomic mass is 16.4. The summed E-state index contributed by atoms with van der Waals surface area (Å²) in [5, 5.41) is 10.4. The molecule has 6 heteroatoms. The van der Waals surface area contributed by atoms with Gasteiger partial charge in [-0.25, -0.2) is 9.78 Å². The summed E-state index contributed by atoms with van der Waals surface area (Å²) in [5.41, 5.74) is 4.26. The lowest BCUT2D eigenvalue weighted by atomic mass is 10.0. The minimum Gasteiger partial charge on any atom is -0.423 e. The highest BCUT2D eigenvalue weighted by molar-refractivity contribution is 5.81. The van der Waals surface area contributed by atoms with Crippen molar-refractivity contribution in [2.24, 2.45) is 0 Å². The molecule has 0 bridgehead atoms. The lowest BCUT2D eigenvalue weighted by molar-refractivity contribution is 0.286. The Morgan fingerprint density at radius 1 is 1.14 bits per heavy atom. The SMILES string of the molecule is Cc1cc2oc(=O)cc(CN3CCCN(c4ncccc4C#N)CC3)c2cc1C. The lowest BCUT2D eigenvalue weighted by Crippen LogP contribution is -2.31. The molecule has 2 aromatic heterocycles. The largest absolute Gasteiger partial charge is 0.423 e. The van der Waals surface area contributed by atoms with Gasteiger partial charge in [-0.15, -0.1) is 0 Å². The second kappa shape index (κ2) is 8.06. The fraction of sp³-hybridized carbons (Fsp3) is 0.348. The van der Waals surface area contributed by atoms with Crippen LogP contribution in [0.5, 0.6) is 0 Å². The molecular formula is C23H24N4O2. The van der Waals surface area contributed by atoms with Crippen molar-refractivity contribution < 1.29 is 4.42 Å². The van der Waals surface area contributed by atoms with E-state index in [9.17, 15) is 10.1 Å². The van der Waals surface area contributed by atoms with Crippen LogP contribution in [0.15, 0.2) is 45.7 Å². The predicted molar refractivity (Wildman–Crippen MR) is 113 cm³/mol. The molecular weight excluding hydrogens is 364 g/mol. The highest BCUT2D eigenvalue weighted by Gasteiger charge is 2.19. The number of pyridine rings is 1. The third kappa shape index (κ3) is 4.01. The van der Waals surface area contributed by atoms with Crippen LogP contribution in [-0.4, -0.2) is 36.1 Å². The minimum absolute atomic E-state index is 0.306. The Bertz CT molecular complexity index is 1150. The van der Waals surface area contributed by atoms with E-state index in [1.807, 2.05) is 19.1 Å². The van der Waals surface area contributed by atoms with Crippen LogP contribution < -0.4 is 10.5 Å². The summed E-state index contributed by atoms with van der Waals surface area (Å²) in [5.74, 6) is 0.758. The van der Waals surface area contributed by atoms with Gasteiger partial charge in [-0.1, -0.05) is 0 Å². The summed E-state index contributed by atoms with van der Waals surface area (Å²) in [7, 11) is 0. The topological polar surface area (TPSA) is 73.4 Å². The molecule has 1 saturated heterocycles. The molecule has 1 aromatic carbocycles. The molecule has 29 heavy (non-hydrogen) atoms. The smallest absolute Gasteiger partial charge is 0.336 e. The molecule has 6 nitrogen and oxygen atoms in total. The van der Waals surface area contributed by atoms with Gasteiger partial charge in [-0.3, -0.25) is 4.90 Å². The number of benzene rings is 1. The standard InChI is InChI=1S/C23H24N4O2/c1-16-11-20-19(13-22(28)29-21(20)12-17(16)2)15-26-7-4-8-27(10-9-26)23-18(14-24)5-3-6-25-23/h3,5-6,11-13H,4,7-10,15H2,1-2H3. The van der Waals surface area contributed by atoms with Crippen LogP contribution in [0.1, 0.15) is 28.7 Å². The first kappa shape index (κ1) is 19.2. The van der Waals surface area contributed by atoms with Gasteiger partial charge in [-0.2, -0.15) is 5.26 Å².